The minimum Gasteiger partial charge on any atom is -0.140 e. The molecule has 0 unspecified atom stereocenters. The summed E-state index contributed by atoms with van der Waals surface area (Å²) in [5, 5.41) is 2.91. The number of benzene rings is 2. The van der Waals surface area contributed by atoms with Gasteiger partial charge in [-0.15, -0.1) is 11.8 Å². The third kappa shape index (κ3) is 1.53. The fourth-order valence-electron chi connectivity index (χ4n) is 3.30. The van der Waals surface area contributed by atoms with E-state index in [4.69, 9.17) is 0 Å². The first-order valence-electron chi connectivity index (χ1n) is 6.56. The molecule has 2 aromatic rings. The van der Waals surface area contributed by atoms with Crippen molar-refractivity contribution in [2.45, 2.75) is 44.1 Å². The van der Waals surface area contributed by atoms with E-state index in [0.717, 1.165) is 0 Å². The van der Waals surface area contributed by atoms with Crippen LogP contribution in [0.25, 0.3) is 10.8 Å². The highest BCUT2D eigenvalue weighted by molar-refractivity contribution is 8.01. The topological polar surface area (TPSA) is 0 Å². The number of rotatable bonds is 0. The monoisotopic (exact) mass is 256 g/mol. The maximum atomic E-state index is 2.35. The normalized spacial score (nSPS) is 20.1. The lowest BCUT2D eigenvalue weighted by atomic mass is 9.85. The summed E-state index contributed by atoms with van der Waals surface area (Å²) in [7, 11) is 0. The van der Waals surface area contributed by atoms with Gasteiger partial charge in [0.25, 0.3) is 0 Å². The Kier molecular flexibility index (Phi) is 2.38. The van der Waals surface area contributed by atoms with E-state index in [1.54, 1.807) is 0 Å². The molecule has 0 atom stereocenters. The number of aryl methyl sites for hydroxylation is 1. The molecule has 1 aliphatic rings. The smallest absolute Gasteiger partial charge is 0.0367 e. The number of hydrogen-bond donors (Lipinski definition) is 0. The van der Waals surface area contributed by atoms with Gasteiger partial charge in [-0.1, -0.05) is 30.3 Å². The van der Waals surface area contributed by atoms with E-state index in [-0.39, 0.29) is 9.49 Å². The van der Waals surface area contributed by atoms with Crippen molar-refractivity contribution in [1.29, 1.82) is 0 Å². The quantitative estimate of drug-likeness (QED) is 0.611. The lowest BCUT2D eigenvalue weighted by Crippen LogP contribution is -2.28. The van der Waals surface area contributed by atoms with Crippen molar-refractivity contribution in [3.63, 3.8) is 0 Å². The van der Waals surface area contributed by atoms with Crippen LogP contribution in [0.15, 0.2) is 30.3 Å². The second-order valence-corrected chi connectivity index (χ2v) is 8.53. The lowest BCUT2D eigenvalue weighted by molar-refractivity contribution is 0.705. The molecular weight excluding hydrogens is 236 g/mol. The molecule has 0 bridgehead atoms. The van der Waals surface area contributed by atoms with Crippen molar-refractivity contribution < 1.29 is 0 Å². The van der Waals surface area contributed by atoms with Gasteiger partial charge in [-0.2, -0.15) is 0 Å². The lowest BCUT2D eigenvalue weighted by Gasteiger charge is -2.42. The summed E-state index contributed by atoms with van der Waals surface area (Å²) >= 11 is 2.07. The van der Waals surface area contributed by atoms with Crippen molar-refractivity contribution in [3.05, 3.63) is 47.0 Å². The molecule has 0 aliphatic carbocycles. The van der Waals surface area contributed by atoms with Crippen LogP contribution in [-0.2, 0) is 9.49 Å². The Morgan fingerprint density at radius 1 is 0.833 bits per heavy atom. The molecule has 2 aromatic carbocycles. The van der Waals surface area contributed by atoms with Crippen LogP contribution in [0.5, 0.6) is 0 Å². The van der Waals surface area contributed by atoms with E-state index < -0.39 is 0 Å². The largest absolute Gasteiger partial charge is 0.140 e. The molecule has 0 aromatic heterocycles. The van der Waals surface area contributed by atoms with Crippen molar-refractivity contribution in [3.8, 4) is 0 Å². The first-order valence-corrected chi connectivity index (χ1v) is 7.38. The van der Waals surface area contributed by atoms with E-state index in [1.165, 1.54) is 27.5 Å². The van der Waals surface area contributed by atoms with Crippen molar-refractivity contribution >= 4 is 22.5 Å². The summed E-state index contributed by atoms with van der Waals surface area (Å²) in [6, 6.07) is 11.4. The van der Waals surface area contributed by atoms with Crippen LogP contribution in [-0.4, -0.2) is 0 Å². The minimum absolute atomic E-state index is 0.184. The van der Waals surface area contributed by atoms with Gasteiger partial charge in [0.05, 0.1) is 0 Å². The fraction of sp³-hybridized carbons (Fsp3) is 0.412. The number of hydrogen-bond acceptors (Lipinski definition) is 1. The highest BCUT2D eigenvalue weighted by Crippen LogP contribution is 2.56. The average Bonchev–Trinajstić information content (AvgIpc) is 2.26. The first kappa shape index (κ1) is 12.1. The van der Waals surface area contributed by atoms with Crippen LogP contribution < -0.4 is 0 Å². The molecule has 3 rings (SSSR count). The zero-order valence-electron chi connectivity index (χ0n) is 11.8. The molecule has 0 radical (unpaired) electrons. The van der Waals surface area contributed by atoms with Gasteiger partial charge in [-0.05, 0) is 62.1 Å². The van der Waals surface area contributed by atoms with Gasteiger partial charge < -0.3 is 0 Å². The molecule has 0 nitrogen and oxygen atoms in total. The van der Waals surface area contributed by atoms with E-state index in [0.29, 0.717) is 0 Å². The SMILES string of the molecule is Cc1ccc2c3c(cccc13)C(C)(C)SC2(C)C. The van der Waals surface area contributed by atoms with Gasteiger partial charge in [0.1, 0.15) is 0 Å². The Morgan fingerprint density at radius 2 is 1.44 bits per heavy atom. The fourth-order valence-corrected chi connectivity index (χ4v) is 5.14. The molecule has 0 N–H and O–H groups in total. The maximum absolute atomic E-state index is 2.35. The Labute approximate surface area is 114 Å². The van der Waals surface area contributed by atoms with E-state index in [1.807, 2.05) is 0 Å². The van der Waals surface area contributed by atoms with Gasteiger partial charge in [-0.25, -0.2) is 0 Å². The first-order chi connectivity index (χ1) is 8.33. The summed E-state index contributed by atoms with van der Waals surface area (Å²) in [6.07, 6.45) is 0. The predicted molar refractivity (Wildman–Crippen MR) is 82.3 cm³/mol. The Hall–Kier alpha value is -0.950. The average molecular weight is 256 g/mol. The highest BCUT2D eigenvalue weighted by Gasteiger charge is 2.39. The minimum atomic E-state index is 0.184. The molecule has 0 saturated heterocycles. The molecule has 1 aliphatic heterocycles. The predicted octanol–water partition coefficient (Wildman–Crippen LogP) is 5.37. The molecule has 0 spiro atoms. The maximum Gasteiger partial charge on any atom is 0.0367 e. The van der Waals surface area contributed by atoms with Gasteiger partial charge in [-0.3, -0.25) is 0 Å². The molecule has 1 heterocycles. The van der Waals surface area contributed by atoms with Gasteiger partial charge in [0, 0.05) is 9.49 Å². The summed E-state index contributed by atoms with van der Waals surface area (Å²) in [6.45, 7) is 11.6. The standard InChI is InChI=1S/C17H20S/c1-11-9-10-14-15-12(11)7-6-8-13(15)16(2,3)18-17(14,4)5/h6-10H,1-5H3. The van der Waals surface area contributed by atoms with Crippen LogP contribution in [0, 0.1) is 6.92 Å². The zero-order chi connectivity index (χ0) is 13.1. The summed E-state index contributed by atoms with van der Waals surface area (Å²) in [4.78, 5) is 0. The summed E-state index contributed by atoms with van der Waals surface area (Å²) in [5.41, 5.74) is 4.36. The van der Waals surface area contributed by atoms with E-state index >= 15 is 0 Å². The third-order valence-corrected chi connectivity index (χ3v) is 5.53. The van der Waals surface area contributed by atoms with Gasteiger partial charge in [0.15, 0.2) is 0 Å². The van der Waals surface area contributed by atoms with Crippen LogP contribution in [0.4, 0.5) is 0 Å². The number of thioether (sulfide) groups is 1. The molecule has 0 saturated carbocycles. The van der Waals surface area contributed by atoms with Crippen LogP contribution in [0.1, 0.15) is 44.4 Å². The van der Waals surface area contributed by atoms with E-state index in [2.05, 4.69) is 76.7 Å². The molecule has 94 valence electrons. The molecule has 18 heavy (non-hydrogen) atoms. The molecule has 0 fully saturated rings. The highest BCUT2D eigenvalue weighted by atomic mass is 32.2. The van der Waals surface area contributed by atoms with Gasteiger partial charge >= 0.3 is 0 Å². The Bertz CT molecular complexity index is 615. The Balaban J connectivity index is 2.53. The van der Waals surface area contributed by atoms with Crippen molar-refractivity contribution in [2.75, 3.05) is 0 Å². The molecular formula is C17H20S. The Morgan fingerprint density at radius 3 is 2.11 bits per heavy atom. The summed E-state index contributed by atoms with van der Waals surface area (Å²) < 4.78 is 0.369. The van der Waals surface area contributed by atoms with E-state index in [9.17, 15) is 0 Å². The van der Waals surface area contributed by atoms with Crippen LogP contribution in [0.2, 0.25) is 0 Å². The van der Waals surface area contributed by atoms with Gasteiger partial charge in [0.2, 0.25) is 0 Å². The second kappa shape index (κ2) is 3.54. The van der Waals surface area contributed by atoms with Crippen LogP contribution >= 0.6 is 11.8 Å². The third-order valence-electron chi connectivity index (χ3n) is 4.07. The zero-order valence-corrected chi connectivity index (χ0v) is 12.6. The summed E-state index contributed by atoms with van der Waals surface area (Å²) in [5.74, 6) is 0. The van der Waals surface area contributed by atoms with Crippen molar-refractivity contribution in [1.82, 2.24) is 0 Å². The second-order valence-electron chi connectivity index (χ2n) is 6.28. The van der Waals surface area contributed by atoms with Crippen molar-refractivity contribution in [2.24, 2.45) is 0 Å². The molecule has 0 amide bonds. The van der Waals surface area contributed by atoms with Crippen LogP contribution in [0.3, 0.4) is 0 Å². The molecule has 1 heteroatoms.